The summed E-state index contributed by atoms with van der Waals surface area (Å²) in [6.45, 7) is 3.37. The lowest BCUT2D eigenvalue weighted by molar-refractivity contribution is 0.0602. The molecule has 8 heteroatoms. The number of methoxy groups -OCH3 is 1. The van der Waals surface area contributed by atoms with Crippen LogP contribution in [0.3, 0.4) is 0 Å². The van der Waals surface area contributed by atoms with Crippen molar-refractivity contribution >= 4 is 39.6 Å². The van der Waals surface area contributed by atoms with Crippen LogP contribution in [-0.2, 0) is 17.8 Å². The number of thiophene rings is 1. The smallest absolute Gasteiger partial charge is 0.340 e. The number of carbonyl (C=O) groups is 1. The van der Waals surface area contributed by atoms with Crippen molar-refractivity contribution in [1.82, 2.24) is 15.1 Å². The minimum atomic E-state index is -0.400. The van der Waals surface area contributed by atoms with Crippen molar-refractivity contribution in [3.63, 3.8) is 0 Å². The molecule has 0 aliphatic carbocycles. The number of aryl methyl sites for hydroxylation is 1. The van der Waals surface area contributed by atoms with Crippen LogP contribution in [0.15, 0.2) is 48.7 Å². The summed E-state index contributed by atoms with van der Waals surface area (Å²) in [5.74, 6) is -0.400. The van der Waals surface area contributed by atoms with Crippen molar-refractivity contribution in [2.45, 2.75) is 20.0 Å². The zero-order chi connectivity index (χ0) is 19.2. The Morgan fingerprint density at radius 1 is 1.30 bits per heavy atom. The Bertz CT molecular complexity index is 934. The van der Waals surface area contributed by atoms with E-state index in [1.54, 1.807) is 6.20 Å². The molecule has 0 aliphatic heterocycles. The van der Waals surface area contributed by atoms with E-state index in [2.05, 4.69) is 15.7 Å². The highest BCUT2D eigenvalue weighted by Gasteiger charge is 2.18. The Hall–Kier alpha value is -2.71. The molecule has 0 saturated heterocycles. The maximum absolute atomic E-state index is 12.2. The van der Waals surface area contributed by atoms with Crippen molar-refractivity contribution in [3.8, 4) is 10.4 Å². The molecule has 2 aromatic heterocycles. The molecule has 27 heavy (non-hydrogen) atoms. The van der Waals surface area contributed by atoms with Gasteiger partial charge in [0.2, 0.25) is 0 Å². The van der Waals surface area contributed by atoms with Crippen molar-refractivity contribution in [3.05, 3.63) is 59.9 Å². The van der Waals surface area contributed by atoms with Crippen LogP contribution in [0.2, 0.25) is 0 Å². The fourth-order valence-corrected chi connectivity index (χ4v) is 3.90. The fourth-order valence-electron chi connectivity index (χ4n) is 2.60. The summed E-state index contributed by atoms with van der Waals surface area (Å²) in [7, 11) is 1.37. The van der Waals surface area contributed by atoms with E-state index in [1.165, 1.54) is 18.4 Å². The van der Waals surface area contributed by atoms with Crippen LogP contribution in [0, 0.1) is 0 Å². The molecule has 0 spiro atoms. The summed E-state index contributed by atoms with van der Waals surface area (Å²) in [6, 6.07) is 13.6. The van der Waals surface area contributed by atoms with Gasteiger partial charge in [-0.2, -0.15) is 5.10 Å². The van der Waals surface area contributed by atoms with Crippen LogP contribution in [0.1, 0.15) is 23.0 Å². The maximum Gasteiger partial charge on any atom is 0.340 e. The molecule has 0 unspecified atom stereocenters. The Morgan fingerprint density at radius 2 is 2.07 bits per heavy atom. The molecular formula is C19H20N4O2S2. The molecule has 0 atom stereocenters. The molecule has 140 valence electrons. The number of ether oxygens (including phenoxy) is 1. The molecule has 2 heterocycles. The van der Waals surface area contributed by atoms with Crippen molar-refractivity contribution in [2.75, 3.05) is 12.4 Å². The number of thiocarbonyl (C=S) groups is 1. The van der Waals surface area contributed by atoms with Crippen molar-refractivity contribution in [1.29, 1.82) is 0 Å². The number of hydrogen-bond acceptors (Lipinski definition) is 5. The van der Waals surface area contributed by atoms with Gasteiger partial charge in [-0.15, -0.1) is 11.3 Å². The van der Waals surface area contributed by atoms with E-state index in [-0.39, 0.29) is 0 Å². The van der Waals surface area contributed by atoms with Crippen LogP contribution in [0.25, 0.3) is 10.4 Å². The number of anilines is 1. The molecule has 3 rings (SSSR count). The summed E-state index contributed by atoms with van der Waals surface area (Å²) in [6.07, 6.45) is 1.76. The van der Waals surface area contributed by atoms with E-state index >= 15 is 0 Å². The molecule has 0 bridgehead atoms. The van der Waals surface area contributed by atoms with Crippen LogP contribution >= 0.6 is 23.6 Å². The van der Waals surface area contributed by atoms with Gasteiger partial charge in [0.05, 0.1) is 24.9 Å². The monoisotopic (exact) mass is 400 g/mol. The van der Waals surface area contributed by atoms with Gasteiger partial charge in [0.1, 0.15) is 5.00 Å². The number of nitrogens with one attached hydrogen (secondary N) is 2. The highest BCUT2D eigenvalue weighted by Crippen LogP contribution is 2.35. The lowest BCUT2D eigenvalue weighted by atomic mass is 10.1. The molecule has 0 saturated carbocycles. The Kier molecular flexibility index (Phi) is 6.20. The Balaban J connectivity index is 1.75. The first-order valence-electron chi connectivity index (χ1n) is 8.45. The van der Waals surface area contributed by atoms with Gasteiger partial charge in [-0.3, -0.25) is 4.68 Å². The van der Waals surface area contributed by atoms with E-state index in [0.29, 0.717) is 22.2 Å². The number of benzene rings is 1. The number of nitrogens with zero attached hydrogens (tertiary/aromatic N) is 2. The third kappa shape index (κ3) is 4.53. The summed E-state index contributed by atoms with van der Waals surface area (Å²) in [5, 5.41) is 11.6. The number of esters is 1. The SMILES string of the molecule is CCn1nccc1CNC(=S)Nc1sc(-c2ccccc2)cc1C(=O)OC. The molecule has 1 aromatic carbocycles. The lowest BCUT2D eigenvalue weighted by Gasteiger charge is -2.11. The zero-order valence-electron chi connectivity index (χ0n) is 15.1. The van der Waals surface area contributed by atoms with Gasteiger partial charge in [-0.1, -0.05) is 30.3 Å². The Morgan fingerprint density at radius 3 is 2.78 bits per heavy atom. The fraction of sp³-hybridized carbons (Fsp3) is 0.211. The second-order valence-electron chi connectivity index (χ2n) is 5.66. The number of hydrogen-bond donors (Lipinski definition) is 2. The largest absolute Gasteiger partial charge is 0.465 e. The highest BCUT2D eigenvalue weighted by molar-refractivity contribution is 7.80. The van der Waals surface area contributed by atoms with Crippen molar-refractivity contribution < 1.29 is 9.53 Å². The van der Waals surface area contributed by atoms with Gasteiger partial charge in [0, 0.05) is 17.6 Å². The Labute approximate surface area is 167 Å². The number of aromatic nitrogens is 2. The molecular weight excluding hydrogens is 380 g/mol. The van der Waals surface area contributed by atoms with Crippen LogP contribution in [0.5, 0.6) is 0 Å². The molecule has 0 fully saturated rings. The zero-order valence-corrected chi connectivity index (χ0v) is 16.7. The predicted molar refractivity (Wildman–Crippen MR) is 112 cm³/mol. The maximum atomic E-state index is 12.2. The number of rotatable bonds is 6. The van der Waals surface area contributed by atoms with E-state index in [1.807, 2.05) is 54.1 Å². The van der Waals surface area contributed by atoms with E-state index in [4.69, 9.17) is 17.0 Å². The van der Waals surface area contributed by atoms with Crippen LogP contribution in [-0.4, -0.2) is 28.0 Å². The predicted octanol–water partition coefficient (Wildman–Crippen LogP) is 3.90. The first-order valence-corrected chi connectivity index (χ1v) is 9.68. The molecule has 2 N–H and O–H groups in total. The van der Waals surface area contributed by atoms with Crippen LogP contribution in [0.4, 0.5) is 5.00 Å². The average Bonchev–Trinajstić information content (AvgIpc) is 3.33. The van der Waals surface area contributed by atoms with E-state index < -0.39 is 5.97 Å². The van der Waals surface area contributed by atoms with Gasteiger partial charge >= 0.3 is 5.97 Å². The van der Waals surface area contributed by atoms with E-state index in [9.17, 15) is 4.79 Å². The second kappa shape index (κ2) is 8.79. The van der Waals surface area contributed by atoms with Gasteiger partial charge in [0.15, 0.2) is 5.11 Å². The van der Waals surface area contributed by atoms with Gasteiger partial charge < -0.3 is 15.4 Å². The standard InChI is InChI=1S/C19H20N4O2S2/c1-3-23-14(9-10-21-23)12-20-19(26)22-17-15(18(24)25-2)11-16(27-17)13-7-5-4-6-8-13/h4-11H,3,12H2,1-2H3,(H2,20,22,26). The molecule has 3 aromatic rings. The summed E-state index contributed by atoms with van der Waals surface area (Å²) in [5.41, 5.74) is 2.53. The summed E-state index contributed by atoms with van der Waals surface area (Å²) in [4.78, 5) is 13.1. The minimum absolute atomic E-state index is 0.400. The van der Waals surface area contributed by atoms with Crippen LogP contribution < -0.4 is 10.6 Å². The molecule has 0 radical (unpaired) electrons. The minimum Gasteiger partial charge on any atom is -0.465 e. The second-order valence-corrected chi connectivity index (χ2v) is 7.12. The van der Waals surface area contributed by atoms with Crippen molar-refractivity contribution in [2.24, 2.45) is 0 Å². The first-order chi connectivity index (χ1) is 13.1. The molecule has 0 amide bonds. The summed E-state index contributed by atoms with van der Waals surface area (Å²) < 4.78 is 6.81. The van der Waals surface area contributed by atoms with E-state index in [0.717, 1.165) is 22.7 Å². The molecule has 6 nitrogen and oxygen atoms in total. The molecule has 0 aliphatic rings. The third-order valence-electron chi connectivity index (χ3n) is 3.96. The summed E-state index contributed by atoms with van der Waals surface area (Å²) >= 11 is 6.86. The third-order valence-corrected chi connectivity index (χ3v) is 5.30. The van der Waals surface area contributed by atoms with Gasteiger partial charge in [0.25, 0.3) is 0 Å². The average molecular weight is 401 g/mol. The highest BCUT2D eigenvalue weighted by atomic mass is 32.1. The quantitative estimate of drug-likeness (QED) is 0.483. The normalized spacial score (nSPS) is 10.4. The topological polar surface area (TPSA) is 68.2 Å². The first kappa shape index (κ1) is 19.1. The van der Waals surface area contributed by atoms with Gasteiger partial charge in [-0.25, -0.2) is 4.79 Å². The van der Waals surface area contributed by atoms with Gasteiger partial charge in [-0.05, 0) is 36.8 Å². The number of carbonyl (C=O) groups excluding carboxylic acids is 1. The lowest BCUT2D eigenvalue weighted by Crippen LogP contribution is -2.29.